The molecule has 0 radical (unpaired) electrons. The number of para-hydroxylation sites is 1. The molecule has 174 valence electrons. The summed E-state index contributed by atoms with van der Waals surface area (Å²) in [6.07, 6.45) is 3.49. The summed E-state index contributed by atoms with van der Waals surface area (Å²) in [6, 6.07) is 16.2. The summed E-state index contributed by atoms with van der Waals surface area (Å²) in [5, 5.41) is 4.07. The Kier molecular flexibility index (Phi) is 5.82. The molecule has 1 N–H and O–H groups in total. The number of piperidine rings is 1. The van der Waals surface area contributed by atoms with Crippen molar-refractivity contribution in [2.24, 2.45) is 0 Å². The predicted octanol–water partition coefficient (Wildman–Crippen LogP) is 5.90. The molecule has 5 rings (SSSR count). The van der Waals surface area contributed by atoms with E-state index < -0.39 is 0 Å². The number of carbonyl (C=O) groups is 1. The summed E-state index contributed by atoms with van der Waals surface area (Å²) in [6.45, 7) is 10.2. The number of rotatable bonds is 4. The molecule has 4 aromatic rings. The second kappa shape index (κ2) is 8.93. The fraction of sp³-hybridized carbons (Fsp3) is 0.321. The zero-order chi connectivity index (χ0) is 23.8. The molecule has 34 heavy (non-hydrogen) atoms. The molecule has 2 aromatic carbocycles. The number of nitrogens with one attached hydrogen (secondary N) is 1. The van der Waals surface area contributed by atoms with Gasteiger partial charge in [-0.15, -0.1) is 0 Å². The lowest BCUT2D eigenvalue weighted by Crippen LogP contribution is -2.31. The zero-order valence-electron chi connectivity index (χ0n) is 20.4. The van der Waals surface area contributed by atoms with Gasteiger partial charge >= 0.3 is 0 Å². The number of hydrogen-bond donors (Lipinski definition) is 1. The van der Waals surface area contributed by atoms with Crippen LogP contribution in [0.3, 0.4) is 0 Å². The molecular formula is C28H31N5O. The van der Waals surface area contributed by atoms with Crippen LogP contribution in [0.15, 0.2) is 48.5 Å². The molecule has 0 atom stereocenters. The smallest absolute Gasteiger partial charge is 0.293 e. The van der Waals surface area contributed by atoms with Gasteiger partial charge in [-0.25, -0.2) is 9.97 Å². The Morgan fingerprint density at radius 1 is 0.912 bits per heavy atom. The van der Waals surface area contributed by atoms with E-state index in [2.05, 4.69) is 46.8 Å². The molecule has 6 nitrogen and oxygen atoms in total. The first-order valence-electron chi connectivity index (χ1n) is 12.0. The maximum absolute atomic E-state index is 13.4. The highest BCUT2D eigenvalue weighted by Crippen LogP contribution is 2.35. The number of amides is 1. The standard InChI is InChI=1S/C28H31N5O/c1-18-13-14-23(19(2)17-18)29-28(34)25-30-26(32-15-9-6-10-16-32)24-20(3)21(4)33(27(24)31-25)22-11-7-5-8-12-22/h5,7-8,11-14,17H,6,9-10,15-16H2,1-4H3,(H,29,34). The second-order valence-electron chi connectivity index (χ2n) is 9.27. The lowest BCUT2D eigenvalue weighted by Gasteiger charge is -2.28. The minimum Gasteiger partial charge on any atom is -0.356 e. The van der Waals surface area contributed by atoms with E-state index in [1.54, 1.807) is 0 Å². The Labute approximate surface area is 200 Å². The van der Waals surface area contributed by atoms with Crippen LogP contribution in [-0.2, 0) is 0 Å². The molecule has 1 aliphatic rings. The largest absolute Gasteiger partial charge is 0.356 e. The molecule has 0 aliphatic carbocycles. The quantitative estimate of drug-likeness (QED) is 0.418. The van der Waals surface area contributed by atoms with Gasteiger partial charge in [-0.1, -0.05) is 35.9 Å². The fourth-order valence-electron chi connectivity index (χ4n) is 4.90. The molecule has 0 saturated carbocycles. The average molecular weight is 454 g/mol. The van der Waals surface area contributed by atoms with Crippen LogP contribution < -0.4 is 10.2 Å². The maximum Gasteiger partial charge on any atom is 0.293 e. The highest BCUT2D eigenvalue weighted by molar-refractivity contribution is 6.04. The minimum atomic E-state index is -0.289. The lowest BCUT2D eigenvalue weighted by atomic mass is 10.1. The summed E-state index contributed by atoms with van der Waals surface area (Å²) < 4.78 is 2.15. The monoisotopic (exact) mass is 453 g/mol. The molecule has 0 unspecified atom stereocenters. The summed E-state index contributed by atoms with van der Waals surface area (Å²) in [4.78, 5) is 25.4. The number of aryl methyl sites for hydroxylation is 3. The average Bonchev–Trinajstić information content (AvgIpc) is 3.11. The van der Waals surface area contributed by atoms with E-state index in [4.69, 9.17) is 9.97 Å². The van der Waals surface area contributed by atoms with E-state index in [1.165, 1.54) is 6.42 Å². The van der Waals surface area contributed by atoms with E-state index in [1.807, 2.05) is 44.2 Å². The molecule has 1 amide bonds. The van der Waals surface area contributed by atoms with Crippen LogP contribution in [0, 0.1) is 27.7 Å². The molecule has 1 aliphatic heterocycles. The number of benzene rings is 2. The van der Waals surface area contributed by atoms with Crippen LogP contribution in [0.5, 0.6) is 0 Å². The first-order valence-corrected chi connectivity index (χ1v) is 12.0. The van der Waals surface area contributed by atoms with Crippen LogP contribution >= 0.6 is 0 Å². The third-order valence-electron chi connectivity index (χ3n) is 6.84. The van der Waals surface area contributed by atoms with Crippen molar-refractivity contribution in [2.75, 3.05) is 23.3 Å². The number of nitrogens with zero attached hydrogens (tertiary/aromatic N) is 4. The van der Waals surface area contributed by atoms with Gasteiger partial charge in [-0.05, 0) is 76.3 Å². The van der Waals surface area contributed by atoms with Gasteiger partial charge in [0.15, 0.2) is 5.65 Å². The third-order valence-corrected chi connectivity index (χ3v) is 6.84. The molecule has 6 heteroatoms. The topological polar surface area (TPSA) is 63.1 Å². The van der Waals surface area contributed by atoms with Gasteiger partial charge in [0.25, 0.3) is 5.91 Å². The molecule has 1 fully saturated rings. The van der Waals surface area contributed by atoms with E-state index in [0.717, 1.165) is 76.5 Å². The summed E-state index contributed by atoms with van der Waals surface area (Å²) in [7, 11) is 0. The van der Waals surface area contributed by atoms with E-state index in [9.17, 15) is 4.79 Å². The first-order chi connectivity index (χ1) is 16.4. The van der Waals surface area contributed by atoms with Gasteiger partial charge < -0.3 is 10.2 Å². The SMILES string of the molecule is Cc1ccc(NC(=O)c2nc(N3CCCCC3)c3c(C)c(C)n(-c4ccccc4)c3n2)c(C)c1. The fourth-order valence-corrected chi connectivity index (χ4v) is 4.90. The molecule has 0 bridgehead atoms. The zero-order valence-corrected chi connectivity index (χ0v) is 20.4. The van der Waals surface area contributed by atoms with Gasteiger partial charge in [-0.3, -0.25) is 9.36 Å². The van der Waals surface area contributed by atoms with Crippen molar-refractivity contribution < 1.29 is 4.79 Å². The number of aromatic nitrogens is 3. The van der Waals surface area contributed by atoms with Gasteiger partial charge in [0.2, 0.25) is 5.82 Å². The number of fused-ring (bicyclic) bond motifs is 1. The van der Waals surface area contributed by atoms with Gasteiger partial charge in [0.1, 0.15) is 5.82 Å². The van der Waals surface area contributed by atoms with Gasteiger partial charge in [0, 0.05) is 30.2 Å². The summed E-state index contributed by atoms with van der Waals surface area (Å²) >= 11 is 0. The van der Waals surface area contributed by atoms with Crippen LogP contribution in [0.2, 0.25) is 0 Å². The first kappa shape index (κ1) is 22.1. The summed E-state index contributed by atoms with van der Waals surface area (Å²) in [5.74, 6) is 0.775. The Hall–Kier alpha value is -3.67. The van der Waals surface area contributed by atoms with E-state index >= 15 is 0 Å². The second-order valence-corrected chi connectivity index (χ2v) is 9.27. The van der Waals surface area contributed by atoms with Crippen LogP contribution in [0.1, 0.15) is 52.3 Å². The van der Waals surface area contributed by atoms with Gasteiger partial charge in [0.05, 0.1) is 5.39 Å². The lowest BCUT2D eigenvalue weighted by molar-refractivity contribution is 0.101. The van der Waals surface area contributed by atoms with E-state index in [0.29, 0.717) is 0 Å². The number of hydrogen-bond acceptors (Lipinski definition) is 4. The Morgan fingerprint density at radius 2 is 1.65 bits per heavy atom. The maximum atomic E-state index is 13.4. The predicted molar refractivity (Wildman–Crippen MR) is 138 cm³/mol. The van der Waals surface area contributed by atoms with Crippen molar-refractivity contribution in [3.8, 4) is 5.69 Å². The Morgan fingerprint density at radius 3 is 2.35 bits per heavy atom. The van der Waals surface area contributed by atoms with Crippen LogP contribution in [0.25, 0.3) is 16.7 Å². The van der Waals surface area contributed by atoms with Crippen LogP contribution in [0.4, 0.5) is 11.5 Å². The number of carbonyl (C=O) groups excluding carboxylic acids is 1. The minimum absolute atomic E-state index is 0.197. The van der Waals surface area contributed by atoms with Crippen molar-refractivity contribution in [3.05, 3.63) is 76.7 Å². The highest BCUT2D eigenvalue weighted by atomic mass is 16.2. The Balaban J connectivity index is 1.68. The van der Waals surface area contributed by atoms with Crippen molar-refractivity contribution in [1.29, 1.82) is 0 Å². The highest BCUT2D eigenvalue weighted by Gasteiger charge is 2.25. The molecule has 0 spiro atoms. The van der Waals surface area contributed by atoms with Crippen molar-refractivity contribution in [1.82, 2.24) is 14.5 Å². The molecule has 1 saturated heterocycles. The summed E-state index contributed by atoms with van der Waals surface area (Å²) in [5.41, 5.74) is 7.04. The molecular weight excluding hydrogens is 422 g/mol. The van der Waals surface area contributed by atoms with Crippen molar-refractivity contribution in [2.45, 2.75) is 47.0 Å². The van der Waals surface area contributed by atoms with Crippen LogP contribution in [-0.4, -0.2) is 33.5 Å². The van der Waals surface area contributed by atoms with Gasteiger partial charge in [-0.2, -0.15) is 0 Å². The normalized spacial score (nSPS) is 13.9. The third kappa shape index (κ3) is 3.94. The molecule has 3 heterocycles. The Bertz CT molecular complexity index is 1370. The van der Waals surface area contributed by atoms with Crippen molar-refractivity contribution in [3.63, 3.8) is 0 Å². The van der Waals surface area contributed by atoms with Crippen molar-refractivity contribution >= 4 is 28.4 Å². The molecule has 2 aromatic heterocycles. The van der Waals surface area contributed by atoms with E-state index in [-0.39, 0.29) is 11.7 Å². The number of anilines is 2.